The molecule has 1 aromatic heterocycles. The molecule has 0 spiro atoms. The van der Waals surface area contributed by atoms with Crippen LogP contribution in [0.15, 0.2) is 30.6 Å². The Bertz CT molecular complexity index is 612. The zero-order chi connectivity index (χ0) is 13.7. The van der Waals surface area contributed by atoms with Gasteiger partial charge in [0.25, 0.3) is 5.82 Å². The maximum atomic E-state index is 11.7. The lowest BCUT2D eigenvalue weighted by Gasteiger charge is -2.05. The van der Waals surface area contributed by atoms with Crippen LogP contribution in [0.5, 0.6) is 5.75 Å². The van der Waals surface area contributed by atoms with Crippen molar-refractivity contribution in [3.05, 3.63) is 36.4 Å². The average molecular weight is 257 g/mol. The summed E-state index contributed by atoms with van der Waals surface area (Å²) >= 11 is 0. The highest BCUT2D eigenvalue weighted by molar-refractivity contribution is 5.90. The standard InChI is InChI=1S/C12H11N5O2/c1-19-10-4-2-9(3-5-10)15-12(18)7-17-8-14-11(6-13)16-17/h2-5,8H,7H2,1H3,(H,15,18). The molecule has 1 N–H and O–H groups in total. The highest BCUT2D eigenvalue weighted by Crippen LogP contribution is 2.14. The second-order valence-corrected chi connectivity index (χ2v) is 3.65. The molecule has 0 saturated heterocycles. The minimum Gasteiger partial charge on any atom is -0.497 e. The third kappa shape index (κ3) is 3.29. The van der Waals surface area contributed by atoms with E-state index in [4.69, 9.17) is 10.00 Å². The molecule has 7 heteroatoms. The van der Waals surface area contributed by atoms with Crippen molar-refractivity contribution in [3.8, 4) is 11.8 Å². The zero-order valence-electron chi connectivity index (χ0n) is 10.2. The molecule has 0 saturated carbocycles. The Labute approximate surface area is 109 Å². The molecule has 1 heterocycles. The van der Waals surface area contributed by atoms with Gasteiger partial charge < -0.3 is 10.1 Å². The monoisotopic (exact) mass is 257 g/mol. The quantitative estimate of drug-likeness (QED) is 0.874. The van der Waals surface area contributed by atoms with Crippen molar-refractivity contribution in [2.45, 2.75) is 6.54 Å². The SMILES string of the molecule is COc1ccc(NC(=O)Cn2cnc(C#N)n2)cc1. The van der Waals surface area contributed by atoms with E-state index in [0.29, 0.717) is 11.4 Å². The summed E-state index contributed by atoms with van der Waals surface area (Å²) in [5, 5.41) is 15.1. The first-order valence-corrected chi connectivity index (χ1v) is 5.44. The molecule has 0 fully saturated rings. The largest absolute Gasteiger partial charge is 0.497 e. The number of amides is 1. The van der Waals surface area contributed by atoms with Crippen LogP contribution >= 0.6 is 0 Å². The number of anilines is 1. The van der Waals surface area contributed by atoms with E-state index in [-0.39, 0.29) is 18.3 Å². The second-order valence-electron chi connectivity index (χ2n) is 3.65. The number of nitriles is 1. The maximum Gasteiger partial charge on any atom is 0.252 e. The molecule has 1 aromatic carbocycles. The van der Waals surface area contributed by atoms with Gasteiger partial charge in [0.05, 0.1) is 7.11 Å². The van der Waals surface area contributed by atoms with Gasteiger partial charge in [-0.15, -0.1) is 5.10 Å². The molecule has 0 radical (unpaired) electrons. The molecule has 2 aromatic rings. The average Bonchev–Trinajstić information content (AvgIpc) is 2.87. The summed E-state index contributed by atoms with van der Waals surface area (Å²) in [6.07, 6.45) is 1.34. The van der Waals surface area contributed by atoms with Crippen LogP contribution in [0.1, 0.15) is 5.82 Å². The first-order valence-electron chi connectivity index (χ1n) is 5.44. The zero-order valence-corrected chi connectivity index (χ0v) is 10.2. The highest BCUT2D eigenvalue weighted by Gasteiger charge is 2.06. The Morgan fingerprint density at radius 3 is 2.79 bits per heavy atom. The van der Waals surface area contributed by atoms with Crippen molar-refractivity contribution < 1.29 is 9.53 Å². The molecule has 0 atom stereocenters. The van der Waals surface area contributed by atoms with Crippen molar-refractivity contribution in [1.82, 2.24) is 14.8 Å². The van der Waals surface area contributed by atoms with E-state index < -0.39 is 0 Å². The first-order chi connectivity index (χ1) is 9.21. The molecule has 96 valence electrons. The van der Waals surface area contributed by atoms with E-state index in [1.54, 1.807) is 37.4 Å². The van der Waals surface area contributed by atoms with Crippen molar-refractivity contribution in [1.29, 1.82) is 5.26 Å². The fraction of sp³-hybridized carbons (Fsp3) is 0.167. The molecular weight excluding hydrogens is 246 g/mol. The summed E-state index contributed by atoms with van der Waals surface area (Å²) < 4.78 is 6.32. The number of nitrogens with one attached hydrogen (secondary N) is 1. The van der Waals surface area contributed by atoms with Gasteiger partial charge in [0.15, 0.2) is 0 Å². The molecule has 2 rings (SSSR count). The molecular formula is C12H11N5O2. The number of carbonyl (C=O) groups excluding carboxylic acids is 1. The maximum absolute atomic E-state index is 11.7. The highest BCUT2D eigenvalue weighted by atomic mass is 16.5. The van der Waals surface area contributed by atoms with E-state index in [2.05, 4.69) is 15.4 Å². The van der Waals surface area contributed by atoms with Crippen molar-refractivity contribution in [3.63, 3.8) is 0 Å². The number of hydrogen-bond donors (Lipinski definition) is 1. The Morgan fingerprint density at radius 1 is 1.47 bits per heavy atom. The lowest BCUT2D eigenvalue weighted by Crippen LogP contribution is -2.19. The van der Waals surface area contributed by atoms with Gasteiger partial charge in [0.1, 0.15) is 24.7 Å². The molecule has 7 nitrogen and oxygen atoms in total. The summed E-state index contributed by atoms with van der Waals surface area (Å²) in [6.45, 7) is 0.000704. The number of carbonyl (C=O) groups is 1. The number of nitrogens with zero attached hydrogens (tertiary/aromatic N) is 4. The first kappa shape index (κ1) is 12.6. The normalized spacial score (nSPS) is 9.68. The fourth-order valence-electron chi connectivity index (χ4n) is 1.44. The smallest absolute Gasteiger partial charge is 0.252 e. The van der Waals surface area contributed by atoms with Crippen LogP contribution in [0, 0.1) is 11.3 Å². The Kier molecular flexibility index (Phi) is 3.73. The van der Waals surface area contributed by atoms with E-state index in [1.165, 1.54) is 11.0 Å². The van der Waals surface area contributed by atoms with E-state index in [9.17, 15) is 4.79 Å². The van der Waals surface area contributed by atoms with Crippen molar-refractivity contribution in [2.75, 3.05) is 12.4 Å². The van der Waals surface area contributed by atoms with Crippen LogP contribution in [0.3, 0.4) is 0 Å². The number of ether oxygens (including phenoxy) is 1. The molecule has 0 aliphatic rings. The van der Waals surface area contributed by atoms with Gasteiger partial charge in [-0.2, -0.15) is 5.26 Å². The predicted molar refractivity (Wildman–Crippen MR) is 66.4 cm³/mol. The minimum absolute atomic E-state index is 0.000704. The molecule has 0 aliphatic heterocycles. The number of benzene rings is 1. The number of methoxy groups -OCH3 is 1. The number of hydrogen-bond acceptors (Lipinski definition) is 5. The van der Waals surface area contributed by atoms with Crippen molar-refractivity contribution in [2.24, 2.45) is 0 Å². The van der Waals surface area contributed by atoms with Gasteiger partial charge in [0.2, 0.25) is 5.91 Å². The van der Waals surface area contributed by atoms with Crippen LogP contribution in [-0.2, 0) is 11.3 Å². The van der Waals surface area contributed by atoms with Crippen LogP contribution in [0.4, 0.5) is 5.69 Å². The van der Waals surface area contributed by atoms with Crippen LogP contribution in [0.2, 0.25) is 0 Å². The summed E-state index contributed by atoms with van der Waals surface area (Å²) in [5.41, 5.74) is 0.659. The Morgan fingerprint density at radius 2 is 2.21 bits per heavy atom. The van der Waals surface area contributed by atoms with Crippen LogP contribution in [-0.4, -0.2) is 27.8 Å². The third-order valence-corrected chi connectivity index (χ3v) is 2.32. The fourth-order valence-corrected chi connectivity index (χ4v) is 1.44. The van der Waals surface area contributed by atoms with Gasteiger partial charge in [-0.25, -0.2) is 9.67 Å². The number of rotatable bonds is 4. The summed E-state index contributed by atoms with van der Waals surface area (Å²) in [5.74, 6) is 0.504. The van der Waals surface area contributed by atoms with Gasteiger partial charge in [-0.1, -0.05) is 0 Å². The predicted octanol–water partition coefficient (Wildman–Crippen LogP) is 0.797. The molecule has 1 amide bonds. The molecule has 0 aliphatic carbocycles. The Hall–Kier alpha value is -2.88. The van der Waals surface area contributed by atoms with E-state index in [0.717, 1.165) is 0 Å². The van der Waals surface area contributed by atoms with Crippen molar-refractivity contribution >= 4 is 11.6 Å². The summed E-state index contributed by atoms with van der Waals surface area (Å²) in [7, 11) is 1.57. The minimum atomic E-state index is -0.250. The molecule has 19 heavy (non-hydrogen) atoms. The van der Waals surface area contributed by atoms with Crippen LogP contribution < -0.4 is 10.1 Å². The number of aromatic nitrogens is 3. The second kappa shape index (κ2) is 5.64. The lowest BCUT2D eigenvalue weighted by atomic mass is 10.3. The molecule has 0 bridgehead atoms. The third-order valence-electron chi connectivity index (χ3n) is 2.32. The summed E-state index contributed by atoms with van der Waals surface area (Å²) in [6, 6.07) is 8.76. The molecule has 0 unspecified atom stereocenters. The van der Waals surface area contributed by atoms with Gasteiger partial charge in [-0.3, -0.25) is 4.79 Å². The van der Waals surface area contributed by atoms with Crippen LogP contribution in [0.25, 0.3) is 0 Å². The van der Waals surface area contributed by atoms with Gasteiger partial charge >= 0.3 is 0 Å². The van der Waals surface area contributed by atoms with Gasteiger partial charge in [-0.05, 0) is 24.3 Å². The van der Waals surface area contributed by atoms with E-state index in [1.807, 2.05) is 0 Å². The Balaban J connectivity index is 1.95. The lowest BCUT2D eigenvalue weighted by molar-refractivity contribution is -0.116. The summed E-state index contributed by atoms with van der Waals surface area (Å²) in [4.78, 5) is 15.4. The topological polar surface area (TPSA) is 92.8 Å². The van der Waals surface area contributed by atoms with Gasteiger partial charge in [0, 0.05) is 5.69 Å². The van der Waals surface area contributed by atoms with E-state index >= 15 is 0 Å².